The third kappa shape index (κ3) is 6.28. The fourth-order valence-electron chi connectivity index (χ4n) is 2.73. The number of aromatic nitrogens is 2. The zero-order valence-electron chi connectivity index (χ0n) is 16.1. The SMILES string of the molecule is CCC(C)N(C)CCNC(=O)[C@@H](N)Cc1cn(Cc2ccccc2)cn1. The average Bonchev–Trinajstić information content (AvgIpc) is 3.08. The summed E-state index contributed by atoms with van der Waals surface area (Å²) in [6.45, 7) is 6.53. The van der Waals surface area contributed by atoms with Crippen LogP contribution in [0.1, 0.15) is 31.5 Å². The van der Waals surface area contributed by atoms with Crippen molar-refractivity contribution in [2.24, 2.45) is 5.73 Å². The molecule has 0 aliphatic heterocycles. The number of hydrogen-bond acceptors (Lipinski definition) is 4. The van der Waals surface area contributed by atoms with Crippen LogP contribution in [0, 0.1) is 0 Å². The van der Waals surface area contributed by atoms with Crippen LogP contribution in [0.5, 0.6) is 0 Å². The highest BCUT2D eigenvalue weighted by molar-refractivity contribution is 5.81. The van der Waals surface area contributed by atoms with Gasteiger partial charge < -0.3 is 20.5 Å². The second-order valence-corrected chi connectivity index (χ2v) is 6.86. The van der Waals surface area contributed by atoms with Gasteiger partial charge in [-0.05, 0) is 26.0 Å². The van der Waals surface area contributed by atoms with Gasteiger partial charge in [-0.2, -0.15) is 0 Å². The number of amides is 1. The Labute approximate surface area is 156 Å². The highest BCUT2D eigenvalue weighted by Gasteiger charge is 2.16. The predicted octanol–water partition coefficient (Wildman–Crippen LogP) is 1.65. The number of nitrogens with one attached hydrogen (secondary N) is 1. The minimum absolute atomic E-state index is 0.125. The smallest absolute Gasteiger partial charge is 0.237 e. The summed E-state index contributed by atoms with van der Waals surface area (Å²) in [5.41, 5.74) is 8.08. The first-order valence-corrected chi connectivity index (χ1v) is 9.27. The first kappa shape index (κ1) is 20.1. The molecule has 2 rings (SSSR count). The van der Waals surface area contributed by atoms with Crippen LogP contribution in [0.2, 0.25) is 0 Å². The van der Waals surface area contributed by atoms with Gasteiger partial charge >= 0.3 is 0 Å². The second kappa shape index (κ2) is 10.1. The highest BCUT2D eigenvalue weighted by atomic mass is 16.2. The molecule has 1 unspecified atom stereocenters. The van der Waals surface area contributed by atoms with E-state index in [1.165, 1.54) is 5.56 Å². The number of benzene rings is 1. The van der Waals surface area contributed by atoms with Crippen molar-refractivity contribution in [2.45, 2.75) is 45.3 Å². The molecule has 6 nitrogen and oxygen atoms in total. The van der Waals surface area contributed by atoms with Gasteiger partial charge in [-0.3, -0.25) is 4.79 Å². The molecule has 0 aliphatic rings. The number of rotatable bonds is 10. The first-order chi connectivity index (χ1) is 12.5. The van der Waals surface area contributed by atoms with E-state index in [2.05, 4.69) is 48.2 Å². The van der Waals surface area contributed by atoms with Gasteiger partial charge in [0.1, 0.15) is 0 Å². The lowest BCUT2D eigenvalue weighted by molar-refractivity contribution is -0.122. The Balaban J connectivity index is 1.76. The quantitative estimate of drug-likeness (QED) is 0.678. The lowest BCUT2D eigenvalue weighted by Gasteiger charge is -2.23. The summed E-state index contributed by atoms with van der Waals surface area (Å²) in [5, 5.41) is 2.92. The van der Waals surface area contributed by atoms with Gasteiger partial charge in [-0.15, -0.1) is 0 Å². The molecule has 0 radical (unpaired) electrons. The molecule has 0 bridgehead atoms. The average molecular weight is 358 g/mol. The Morgan fingerprint density at radius 1 is 1.35 bits per heavy atom. The Kier molecular flexibility index (Phi) is 7.81. The molecule has 3 N–H and O–H groups in total. The van der Waals surface area contributed by atoms with Crippen LogP contribution in [0.3, 0.4) is 0 Å². The molecule has 2 atom stereocenters. The summed E-state index contributed by atoms with van der Waals surface area (Å²) >= 11 is 0. The Hall–Kier alpha value is -2.18. The number of nitrogens with two attached hydrogens (primary N) is 1. The van der Waals surface area contributed by atoms with Gasteiger partial charge in [0.15, 0.2) is 0 Å². The lowest BCUT2D eigenvalue weighted by atomic mass is 10.1. The van der Waals surface area contributed by atoms with E-state index in [1.807, 2.05) is 29.0 Å². The minimum atomic E-state index is -0.580. The standard InChI is InChI=1S/C20H31N5O/c1-4-16(2)24(3)11-10-22-20(26)19(21)12-18-14-25(15-23-18)13-17-8-6-5-7-9-17/h5-9,14-16,19H,4,10-13,21H2,1-3H3,(H,22,26)/t16?,19-/m0/s1. The number of carbonyl (C=O) groups excluding carboxylic acids is 1. The Morgan fingerprint density at radius 3 is 2.77 bits per heavy atom. The zero-order valence-corrected chi connectivity index (χ0v) is 16.1. The van der Waals surface area contributed by atoms with Crippen LogP contribution in [0.4, 0.5) is 0 Å². The number of carbonyl (C=O) groups is 1. The van der Waals surface area contributed by atoms with Crippen LogP contribution in [0.15, 0.2) is 42.9 Å². The molecule has 1 amide bonds. The third-order valence-corrected chi connectivity index (χ3v) is 4.77. The monoisotopic (exact) mass is 357 g/mol. The summed E-state index contributed by atoms with van der Waals surface area (Å²) in [5.74, 6) is -0.125. The molecule has 0 aliphatic carbocycles. The van der Waals surface area contributed by atoms with Crippen molar-refractivity contribution in [3.05, 3.63) is 54.1 Å². The van der Waals surface area contributed by atoms with E-state index < -0.39 is 6.04 Å². The molecule has 142 valence electrons. The van der Waals surface area contributed by atoms with Crippen molar-refractivity contribution >= 4 is 5.91 Å². The number of nitrogens with zero attached hydrogens (tertiary/aromatic N) is 3. The normalized spacial score (nSPS) is 13.6. The molecule has 2 aromatic rings. The maximum absolute atomic E-state index is 12.2. The molecule has 0 fully saturated rings. The van der Waals surface area contributed by atoms with Gasteiger partial charge in [0.25, 0.3) is 0 Å². The van der Waals surface area contributed by atoms with Crippen LogP contribution < -0.4 is 11.1 Å². The second-order valence-electron chi connectivity index (χ2n) is 6.86. The fraction of sp³-hybridized carbons (Fsp3) is 0.500. The summed E-state index contributed by atoms with van der Waals surface area (Å²) in [7, 11) is 2.07. The van der Waals surface area contributed by atoms with E-state index in [1.54, 1.807) is 6.33 Å². The third-order valence-electron chi connectivity index (χ3n) is 4.77. The predicted molar refractivity (Wildman–Crippen MR) is 105 cm³/mol. The molecule has 0 saturated heterocycles. The molecule has 1 heterocycles. The molecule has 1 aromatic heterocycles. The van der Waals surface area contributed by atoms with Gasteiger partial charge in [-0.25, -0.2) is 4.98 Å². The summed E-state index contributed by atoms with van der Waals surface area (Å²) < 4.78 is 2.01. The number of likely N-dealkylation sites (N-methyl/N-ethyl adjacent to an activating group) is 1. The molecule has 1 aromatic carbocycles. The maximum atomic E-state index is 12.2. The summed E-state index contributed by atoms with van der Waals surface area (Å²) in [4.78, 5) is 18.8. The topological polar surface area (TPSA) is 76.2 Å². The molecule has 26 heavy (non-hydrogen) atoms. The van der Waals surface area contributed by atoms with E-state index >= 15 is 0 Å². The fourth-order valence-corrected chi connectivity index (χ4v) is 2.73. The Bertz CT molecular complexity index is 670. The van der Waals surface area contributed by atoms with Crippen molar-refractivity contribution in [3.8, 4) is 0 Å². The van der Waals surface area contributed by atoms with Gasteiger partial charge in [0.05, 0.1) is 18.1 Å². The Morgan fingerprint density at radius 2 is 2.08 bits per heavy atom. The van der Waals surface area contributed by atoms with Crippen molar-refractivity contribution < 1.29 is 4.79 Å². The van der Waals surface area contributed by atoms with E-state index in [4.69, 9.17) is 5.73 Å². The highest BCUT2D eigenvalue weighted by Crippen LogP contribution is 2.05. The first-order valence-electron chi connectivity index (χ1n) is 9.27. The van der Waals surface area contributed by atoms with Gasteiger partial charge in [-0.1, -0.05) is 37.3 Å². The van der Waals surface area contributed by atoms with Gasteiger partial charge in [0.2, 0.25) is 5.91 Å². The lowest BCUT2D eigenvalue weighted by Crippen LogP contribution is -2.45. The summed E-state index contributed by atoms with van der Waals surface area (Å²) in [6.07, 6.45) is 5.27. The van der Waals surface area contributed by atoms with Crippen molar-refractivity contribution in [2.75, 3.05) is 20.1 Å². The van der Waals surface area contributed by atoms with E-state index in [0.29, 0.717) is 19.0 Å². The van der Waals surface area contributed by atoms with Crippen LogP contribution in [0.25, 0.3) is 0 Å². The van der Waals surface area contributed by atoms with E-state index in [9.17, 15) is 4.79 Å². The molecular weight excluding hydrogens is 326 g/mol. The van der Waals surface area contributed by atoms with Crippen LogP contribution in [-0.4, -0.2) is 52.6 Å². The van der Waals surface area contributed by atoms with Crippen molar-refractivity contribution in [1.29, 1.82) is 0 Å². The minimum Gasteiger partial charge on any atom is -0.353 e. The number of imidazole rings is 1. The molecule has 6 heteroatoms. The molecule has 0 spiro atoms. The van der Waals surface area contributed by atoms with E-state index in [-0.39, 0.29) is 5.91 Å². The summed E-state index contributed by atoms with van der Waals surface area (Å²) in [6, 6.07) is 10.1. The van der Waals surface area contributed by atoms with Gasteiger partial charge in [0, 0.05) is 38.3 Å². The van der Waals surface area contributed by atoms with Crippen LogP contribution >= 0.6 is 0 Å². The van der Waals surface area contributed by atoms with Crippen LogP contribution in [-0.2, 0) is 17.8 Å². The van der Waals surface area contributed by atoms with Crippen molar-refractivity contribution in [1.82, 2.24) is 19.8 Å². The van der Waals surface area contributed by atoms with E-state index in [0.717, 1.165) is 25.2 Å². The maximum Gasteiger partial charge on any atom is 0.237 e. The largest absolute Gasteiger partial charge is 0.353 e. The zero-order chi connectivity index (χ0) is 18.9. The number of hydrogen-bond donors (Lipinski definition) is 2. The van der Waals surface area contributed by atoms with Crippen molar-refractivity contribution in [3.63, 3.8) is 0 Å². The molecule has 0 saturated carbocycles. The molecular formula is C20H31N5O.